The standard InChI is InChI=1S/C5H7BrN4.ClH/c6-5-9-8-4-3-7-1-2-10(4)5;/h7H,1-3H2;1H. The molecule has 0 saturated carbocycles. The van der Waals surface area contributed by atoms with Gasteiger partial charge in [-0.15, -0.1) is 22.6 Å². The average Bonchev–Trinajstić information content (AvgIpc) is 2.34. The monoisotopic (exact) mass is 238 g/mol. The zero-order chi connectivity index (χ0) is 6.97. The second-order valence-corrected chi connectivity index (χ2v) is 2.92. The number of nitrogens with zero attached hydrogens (tertiary/aromatic N) is 3. The number of halogens is 2. The van der Waals surface area contributed by atoms with Crippen LogP contribution < -0.4 is 5.32 Å². The minimum atomic E-state index is 0. The summed E-state index contributed by atoms with van der Waals surface area (Å²) in [4.78, 5) is 0. The molecule has 2 rings (SSSR count). The van der Waals surface area contributed by atoms with Crippen molar-refractivity contribution in [2.45, 2.75) is 13.1 Å². The highest BCUT2D eigenvalue weighted by Crippen LogP contribution is 2.10. The lowest BCUT2D eigenvalue weighted by atomic mass is 10.4. The first-order valence-corrected chi connectivity index (χ1v) is 3.95. The van der Waals surface area contributed by atoms with E-state index in [0.717, 1.165) is 30.2 Å². The molecule has 4 nitrogen and oxygen atoms in total. The van der Waals surface area contributed by atoms with Crippen molar-refractivity contribution < 1.29 is 0 Å². The minimum absolute atomic E-state index is 0. The van der Waals surface area contributed by atoms with Crippen molar-refractivity contribution >= 4 is 28.3 Å². The van der Waals surface area contributed by atoms with E-state index in [-0.39, 0.29) is 12.4 Å². The topological polar surface area (TPSA) is 42.7 Å². The molecule has 0 atom stereocenters. The van der Waals surface area contributed by atoms with Gasteiger partial charge in [0.15, 0.2) is 4.73 Å². The summed E-state index contributed by atoms with van der Waals surface area (Å²) in [5.41, 5.74) is 0. The minimum Gasteiger partial charge on any atom is -0.308 e. The van der Waals surface area contributed by atoms with Crippen LogP contribution in [0.25, 0.3) is 0 Å². The molecule has 0 amide bonds. The smallest absolute Gasteiger partial charge is 0.200 e. The largest absolute Gasteiger partial charge is 0.308 e. The third-order valence-corrected chi connectivity index (χ3v) is 2.16. The molecule has 6 heteroatoms. The normalized spacial score (nSPS) is 15.4. The zero-order valence-corrected chi connectivity index (χ0v) is 8.15. The van der Waals surface area contributed by atoms with E-state index in [1.165, 1.54) is 0 Å². The first-order chi connectivity index (χ1) is 4.88. The van der Waals surface area contributed by atoms with E-state index in [1.807, 2.05) is 0 Å². The Morgan fingerprint density at radius 3 is 3.00 bits per heavy atom. The van der Waals surface area contributed by atoms with Gasteiger partial charge in [-0.3, -0.25) is 0 Å². The van der Waals surface area contributed by atoms with Gasteiger partial charge in [-0.2, -0.15) is 0 Å². The molecule has 2 heterocycles. The van der Waals surface area contributed by atoms with Crippen LogP contribution in [0.5, 0.6) is 0 Å². The lowest BCUT2D eigenvalue weighted by Gasteiger charge is -2.13. The fourth-order valence-electron chi connectivity index (χ4n) is 1.06. The van der Waals surface area contributed by atoms with Crippen LogP contribution in [0, 0.1) is 0 Å². The summed E-state index contributed by atoms with van der Waals surface area (Å²) in [5.74, 6) is 1.01. The Morgan fingerprint density at radius 1 is 1.45 bits per heavy atom. The summed E-state index contributed by atoms with van der Waals surface area (Å²) in [6, 6.07) is 0. The molecule has 1 N–H and O–H groups in total. The summed E-state index contributed by atoms with van der Waals surface area (Å²) in [7, 11) is 0. The lowest BCUT2D eigenvalue weighted by molar-refractivity contribution is 0.500. The molecule has 1 aliphatic heterocycles. The van der Waals surface area contributed by atoms with Crippen LogP contribution in [0.2, 0.25) is 0 Å². The molecule has 0 bridgehead atoms. The molecular weight excluding hydrogens is 231 g/mol. The van der Waals surface area contributed by atoms with E-state index in [4.69, 9.17) is 0 Å². The maximum atomic E-state index is 3.96. The summed E-state index contributed by atoms with van der Waals surface area (Å²) in [6.07, 6.45) is 0. The second-order valence-electron chi connectivity index (χ2n) is 2.21. The molecule has 0 aliphatic carbocycles. The van der Waals surface area contributed by atoms with E-state index in [9.17, 15) is 0 Å². The molecule has 1 aromatic heterocycles. The highest BCUT2D eigenvalue weighted by atomic mass is 79.9. The van der Waals surface area contributed by atoms with E-state index < -0.39 is 0 Å². The van der Waals surface area contributed by atoms with Crippen molar-refractivity contribution in [2.24, 2.45) is 0 Å². The van der Waals surface area contributed by atoms with Crippen molar-refractivity contribution in [1.82, 2.24) is 20.1 Å². The fraction of sp³-hybridized carbons (Fsp3) is 0.600. The van der Waals surface area contributed by atoms with Crippen molar-refractivity contribution in [3.05, 3.63) is 10.6 Å². The molecule has 0 unspecified atom stereocenters. The number of rotatable bonds is 0. The van der Waals surface area contributed by atoms with Gasteiger partial charge in [-0.1, -0.05) is 0 Å². The number of hydrogen-bond donors (Lipinski definition) is 1. The van der Waals surface area contributed by atoms with Gasteiger partial charge in [0.05, 0.1) is 6.54 Å². The Morgan fingerprint density at radius 2 is 2.27 bits per heavy atom. The van der Waals surface area contributed by atoms with Crippen molar-refractivity contribution in [3.8, 4) is 0 Å². The molecule has 0 spiro atoms. The van der Waals surface area contributed by atoms with E-state index >= 15 is 0 Å². The Balaban J connectivity index is 0.000000605. The van der Waals surface area contributed by atoms with Gasteiger partial charge in [-0.05, 0) is 15.9 Å². The SMILES string of the molecule is Brc1nnc2n1CCNC2.Cl. The molecule has 0 aromatic carbocycles. The Labute approximate surface area is 78.9 Å². The molecule has 62 valence electrons. The van der Waals surface area contributed by atoms with Gasteiger partial charge in [0.1, 0.15) is 5.82 Å². The molecule has 0 fully saturated rings. The molecule has 0 saturated heterocycles. The van der Waals surface area contributed by atoms with Gasteiger partial charge in [-0.25, -0.2) is 0 Å². The van der Waals surface area contributed by atoms with Gasteiger partial charge < -0.3 is 9.88 Å². The van der Waals surface area contributed by atoms with E-state index in [1.54, 1.807) is 0 Å². The predicted molar refractivity (Wildman–Crippen MR) is 46.7 cm³/mol. The zero-order valence-electron chi connectivity index (χ0n) is 5.75. The lowest BCUT2D eigenvalue weighted by Crippen LogP contribution is -2.28. The van der Waals surface area contributed by atoms with Gasteiger partial charge in [0.25, 0.3) is 0 Å². The summed E-state index contributed by atoms with van der Waals surface area (Å²) < 4.78 is 2.90. The van der Waals surface area contributed by atoms with Crippen LogP contribution >= 0.6 is 28.3 Å². The summed E-state index contributed by atoms with van der Waals surface area (Å²) >= 11 is 3.31. The molecular formula is C5H8BrClN4. The number of nitrogens with one attached hydrogen (secondary N) is 1. The third kappa shape index (κ3) is 1.55. The highest BCUT2D eigenvalue weighted by Gasteiger charge is 2.12. The van der Waals surface area contributed by atoms with Gasteiger partial charge in [0, 0.05) is 13.1 Å². The molecule has 0 radical (unpaired) electrons. The molecule has 1 aromatic rings. The van der Waals surface area contributed by atoms with Crippen molar-refractivity contribution in [1.29, 1.82) is 0 Å². The maximum Gasteiger partial charge on any atom is 0.200 e. The third-order valence-electron chi connectivity index (χ3n) is 1.58. The van der Waals surface area contributed by atoms with Crippen LogP contribution in [0.15, 0.2) is 4.73 Å². The van der Waals surface area contributed by atoms with Crippen molar-refractivity contribution in [3.63, 3.8) is 0 Å². The Bertz CT molecular complexity index is 249. The Kier molecular flexibility index (Phi) is 2.86. The maximum absolute atomic E-state index is 3.96. The van der Waals surface area contributed by atoms with Gasteiger partial charge in [0.2, 0.25) is 0 Å². The van der Waals surface area contributed by atoms with Crippen LogP contribution in [0.3, 0.4) is 0 Å². The summed E-state index contributed by atoms with van der Waals surface area (Å²) in [5, 5.41) is 11.1. The van der Waals surface area contributed by atoms with Crippen LogP contribution in [0.4, 0.5) is 0 Å². The predicted octanol–water partition coefficient (Wildman–Crippen LogP) is 0.566. The molecule has 1 aliphatic rings. The van der Waals surface area contributed by atoms with Crippen LogP contribution in [-0.2, 0) is 13.1 Å². The summed E-state index contributed by atoms with van der Waals surface area (Å²) in [6.45, 7) is 2.80. The number of aromatic nitrogens is 3. The Hall–Kier alpha value is -0.130. The fourth-order valence-corrected chi connectivity index (χ4v) is 1.52. The van der Waals surface area contributed by atoms with E-state index in [0.29, 0.717) is 0 Å². The number of fused-ring (bicyclic) bond motifs is 1. The number of hydrogen-bond acceptors (Lipinski definition) is 3. The second kappa shape index (κ2) is 3.51. The van der Waals surface area contributed by atoms with Crippen LogP contribution in [-0.4, -0.2) is 21.3 Å². The van der Waals surface area contributed by atoms with Crippen LogP contribution in [0.1, 0.15) is 5.82 Å². The quantitative estimate of drug-likeness (QED) is 0.720. The van der Waals surface area contributed by atoms with Crippen molar-refractivity contribution in [2.75, 3.05) is 6.54 Å². The average molecular weight is 240 g/mol. The first kappa shape index (κ1) is 8.96. The molecule has 11 heavy (non-hydrogen) atoms. The first-order valence-electron chi connectivity index (χ1n) is 3.16. The van der Waals surface area contributed by atoms with E-state index in [2.05, 4.69) is 36.0 Å². The van der Waals surface area contributed by atoms with Gasteiger partial charge >= 0.3 is 0 Å². The highest BCUT2D eigenvalue weighted by molar-refractivity contribution is 9.10.